The summed E-state index contributed by atoms with van der Waals surface area (Å²) >= 11 is 0. The Balaban J connectivity index is 2.38. The fourth-order valence-electron chi connectivity index (χ4n) is 1.67. The third kappa shape index (κ3) is 1.75. The van der Waals surface area contributed by atoms with Crippen molar-refractivity contribution in [1.82, 2.24) is 0 Å². The summed E-state index contributed by atoms with van der Waals surface area (Å²) in [5, 5.41) is 0. The molecule has 2 heteroatoms. The number of hydrogen-bond donors (Lipinski definition) is 0. The van der Waals surface area contributed by atoms with E-state index >= 15 is 0 Å². The van der Waals surface area contributed by atoms with Gasteiger partial charge >= 0.3 is 0 Å². The Morgan fingerprint density at radius 3 is 2.80 bits per heavy atom. The second-order valence-corrected chi connectivity index (χ2v) is 3.77. The highest BCUT2D eigenvalue weighted by atomic mass is 16.1. The maximum atomic E-state index is 12.1. The second kappa shape index (κ2) is 3.81. The molecule has 0 saturated carbocycles. The minimum atomic E-state index is 0.105. The van der Waals surface area contributed by atoms with Gasteiger partial charge in [0.05, 0.1) is 0 Å². The van der Waals surface area contributed by atoms with Crippen molar-refractivity contribution < 1.29 is 4.79 Å². The normalized spacial score (nSPS) is 14.1. The van der Waals surface area contributed by atoms with Crippen molar-refractivity contribution in [3.63, 3.8) is 0 Å². The van der Waals surface area contributed by atoms with Crippen LogP contribution in [-0.2, 0) is 0 Å². The van der Waals surface area contributed by atoms with E-state index in [0.29, 0.717) is 6.42 Å². The Morgan fingerprint density at radius 2 is 2.13 bits per heavy atom. The highest BCUT2D eigenvalue weighted by Gasteiger charge is 2.15. The van der Waals surface area contributed by atoms with Gasteiger partial charge in [-0.3, -0.25) is 9.79 Å². The molecule has 0 unspecified atom stereocenters. The van der Waals surface area contributed by atoms with Crippen molar-refractivity contribution >= 4 is 12.0 Å². The lowest BCUT2D eigenvalue weighted by Crippen LogP contribution is -2.05. The van der Waals surface area contributed by atoms with Crippen LogP contribution in [0.3, 0.4) is 0 Å². The van der Waals surface area contributed by atoms with Crippen LogP contribution in [0.15, 0.2) is 35.0 Å². The van der Waals surface area contributed by atoms with Crippen LogP contribution in [0, 0.1) is 13.8 Å². The molecule has 0 aromatic heterocycles. The number of carbonyl (C=O) groups excluding carboxylic acids is 1. The Morgan fingerprint density at radius 1 is 1.33 bits per heavy atom. The number of Topliss-reactive ketones (excluding diaryl/α,β-unsaturated/α-hetero) is 1. The molecule has 0 fully saturated rings. The molecule has 2 rings (SSSR count). The Hall–Kier alpha value is -1.70. The van der Waals surface area contributed by atoms with Gasteiger partial charge < -0.3 is 0 Å². The lowest BCUT2D eigenvalue weighted by atomic mass is 9.96. The third-order valence-corrected chi connectivity index (χ3v) is 2.79. The average molecular weight is 199 g/mol. The second-order valence-electron chi connectivity index (χ2n) is 3.77. The lowest BCUT2D eigenvalue weighted by molar-refractivity contribution is 0.103. The molecule has 1 aromatic carbocycles. The smallest absolute Gasteiger partial charge is 0.191 e. The zero-order valence-electron chi connectivity index (χ0n) is 8.95. The number of ketones is 1. The van der Waals surface area contributed by atoms with Gasteiger partial charge in [-0.1, -0.05) is 18.2 Å². The number of carbonyl (C=O) groups is 1. The van der Waals surface area contributed by atoms with Gasteiger partial charge in [0.15, 0.2) is 5.78 Å². The molecule has 0 N–H and O–H groups in total. The Bertz CT molecular complexity index is 469. The summed E-state index contributed by atoms with van der Waals surface area (Å²) in [6.07, 6.45) is 4.08. The molecule has 1 aliphatic rings. The van der Waals surface area contributed by atoms with E-state index < -0.39 is 0 Å². The van der Waals surface area contributed by atoms with E-state index in [1.165, 1.54) is 0 Å². The van der Waals surface area contributed by atoms with Crippen LogP contribution in [0.5, 0.6) is 0 Å². The molecule has 0 spiro atoms. The molecule has 0 saturated heterocycles. The number of aryl methyl sites for hydroxylation is 1. The van der Waals surface area contributed by atoms with Crippen molar-refractivity contribution in [1.29, 1.82) is 0 Å². The summed E-state index contributed by atoms with van der Waals surface area (Å²) in [4.78, 5) is 16.0. The third-order valence-electron chi connectivity index (χ3n) is 2.79. The number of aliphatic imine (C=N–C) groups is 1. The lowest BCUT2D eigenvalue weighted by Gasteiger charge is -2.07. The Labute approximate surface area is 89.3 Å². The van der Waals surface area contributed by atoms with Crippen molar-refractivity contribution in [2.75, 3.05) is 0 Å². The van der Waals surface area contributed by atoms with Crippen molar-refractivity contribution in [3.05, 3.63) is 46.7 Å². The van der Waals surface area contributed by atoms with Crippen LogP contribution in [-0.4, -0.2) is 12.0 Å². The molecular weight excluding hydrogens is 186 g/mol. The fraction of sp³-hybridized carbons (Fsp3) is 0.231. The molecular formula is C13H13NO. The van der Waals surface area contributed by atoms with Crippen LogP contribution < -0.4 is 0 Å². The number of allylic oxidation sites excluding steroid dienone is 1. The molecule has 0 amide bonds. The Kier molecular flexibility index (Phi) is 2.50. The van der Waals surface area contributed by atoms with Gasteiger partial charge in [0.1, 0.15) is 0 Å². The van der Waals surface area contributed by atoms with E-state index in [2.05, 4.69) is 4.99 Å². The molecule has 0 bridgehead atoms. The van der Waals surface area contributed by atoms with Crippen molar-refractivity contribution in [2.45, 2.75) is 20.3 Å². The van der Waals surface area contributed by atoms with Gasteiger partial charge in [-0.05, 0) is 25.0 Å². The van der Waals surface area contributed by atoms with E-state index in [9.17, 15) is 4.79 Å². The molecule has 15 heavy (non-hydrogen) atoms. The zero-order chi connectivity index (χ0) is 10.8. The highest BCUT2D eigenvalue weighted by molar-refractivity contribution is 6.11. The first-order chi connectivity index (χ1) is 7.20. The number of nitrogens with zero attached hydrogens (tertiary/aromatic N) is 1. The van der Waals surface area contributed by atoms with E-state index in [0.717, 1.165) is 22.3 Å². The number of benzene rings is 1. The quantitative estimate of drug-likeness (QED) is 0.673. The van der Waals surface area contributed by atoms with Gasteiger partial charge in [-0.25, -0.2) is 0 Å². The van der Waals surface area contributed by atoms with Gasteiger partial charge in [0.25, 0.3) is 0 Å². The molecule has 2 nitrogen and oxygen atoms in total. The summed E-state index contributed by atoms with van der Waals surface area (Å²) in [5.41, 5.74) is 3.80. The maximum absolute atomic E-state index is 12.1. The van der Waals surface area contributed by atoms with Crippen LogP contribution in [0.2, 0.25) is 0 Å². The highest BCUT2D eigenvalue weighted by Crippen LogP contribution is 2.19. The van der Waals surface area contributed by atoms with Gasteiger partial charge in [0.2, 0.25) is 0 Å². The standard InChI is InChI=1S/C13H13NO/c1-9-4-3-5-12(10(9)2)13(15)11-6-7-14-8-11/h3-5,7-8H,6H2,1-2H3. The molecule has 0 aliphatic carbocycles. The van der Waals surface area contributed by atoms with Crippen LogP contribution in [0.4, 0.5) is 0 Å². The monoisotopic (exact) mass is 199 g/mol. The summed E-state index contributed by atoms with van der Waals surface area (Å²) in [6, 6.07) is 5.82. The van der Waals surface area contributed by atoms with Gasteiger partial charge in [-0.15, -0.1) is 0 Å². The van der Waals surface area contributed by atoms with E-state index in [1.54, 1.807) is 12.4 Å². The summed E-state index contributed by atoms with van der Waals surface area (Å²) in [7, 11) is 0. The molecule has 76 valence electrons. The molecule has 0 radical (unpaired) electrons. The number of hydrogen-bond acceptors (Lipinski definition) is 2. The van der Waals surface area contributed by atoms with Crippen LogP contribution in [0.25, 0.3) is 0 Å². The van der Waals surface area contributed by atoms with Crippen molar-refractivity contribution in [3.8, 4) is 0 Å². The predicted octanol–water partition coefficient (Wildman–Crippen LogP) is 2.84. The summed E-state index contributed by atoms with van der Waals surface area (Å²) in [6.45, 7) is 4.00. The zero-order valence-corrected chi connectivity index (χ0v) is 8.95. The SMILES string of the molecule is Cc1cccc(C(=O)C2=CN=CC2)c1C. The summed E-state index contributed by atoms with van der Waals surface area (Å²) in [5.74, 6) is 0.105. The minimum Gasteiger partial charge on any atom is -0.289 e. The predicted molar refractivity (Wildman–Crippen MR) is 61.4 cm³/mol. The first-order valence-corrected chi connectivity index (χ1v) is 5.02. The molecule has 1 aromatic rings. The minimum absolute atomic E-state index is 0.105. The first-order valence-electron chi connectivity index (χ1n) is 5.02. The van der Waals surface area contributed by atoms with Crippen molar-refractivity contribution in [2.24, 2.45) is 4.99 Å². The van der Waals surface area contributed by atoms with E-state index in [-0.39, 0.29) is 5.78 Å². The van der Waals surface area contributed by atoms with Crippen LogP contribution in [0.1, 0.15) is 27.9 Å². The molecule has 1 heterocycles. The first kappa shape index (κ1) is 9.84. The van der Waals surface area contributed by atoms with E-state index in [1.807, 2.05) is 32.0 Å². The number of rotatable bonds is 2. The average Bonchev–Trinajstić information content (AvgIpc) is 2.74. The van der Waals surface area contributed by atoms with Gasteiger partial charge in [-0.2, -0.15) is 0 Å². The maximum Gasteiger partial charge on any atom is 0.191 e. The van der Waals surface area contributed by atoms with Crippen LogP contribution >= 0.6 is 0 Å². The fourth-order valence-corrected chi connectivity index (χ4v) is 1.67. The largest absolute Gasteiger partial charge is 0.289 e. The molecule has 1 aliphatic heterocycles. The van der Waals surface area contributed by atoms with E-state index in [4.69, 9.17) is 0 Å². The summed E-state index contributed by atoms with van der Waals surface area (Å²) < 4.78 is 0. The molecule has 0 atom stereocenters. The van der Waals surface area contributed by atoms with Gasteiger partial charge in [0, 0.05) is 30.0 Å². The topological polar surface area (TPSA) is 29.4 Å².